The van der Waals surface area contributed by atoms with E-state index in [9.17, 15) is 0 Å². The molecule has 0 aliphatic heterocycles. The molecule has 0 amide bonds. The lowest BCUT2D eigenvalue weighted by molar-refractivity contribution is -0.537. The van der Waals surface area contributed by atoms with E-state index in [1.807, 2.05) is 0 Å². The van der Waals surface area contributed by atoms with Crippen molar-refractivity contribution in [2.45, 2.75) is 52.2 Å². The first-order chi connectivity index (χ1) is 7.82. The Morgan fingerprint density at radius 3 is 1.82 bits per heavy atom. The van der Waals surface area contributed by atoms with E-state index in [2.05, 4.69) is 23.5 Å². The highest BCUT2D eigenvalue weighted by molar-refractivity contribution is 4.65. The van der Waals surface area contributed by atoms with Gasteiger partial charge in [-0.3, -0.25) is 20.8 Å². The van der Waals surface area contributed by atoms with E-state index >= 15 is 0 Å². The second-order valence-corrected chi connectivity index (χ2v) is 4.28. The Kier molecular flexibility index (Phi) is 8.56. The van der Waals surface area contributed by atoms with Crippen molar-refractivity contribution in [2.75, 3.05) is 0 Å². The minimum Gasteiger partial charge on any atom is -0.266 e. The summed E-state index contributed by atoms with van der Waals surface area (Å²) < 4.78 is 0. The van der Waals surface area contributed by atoms with Gasteiger partial charge in [0.25, 0.3) is 0 Å². The average Bonchev–Trinajstić information content (AvgIpc) is 2.13. The minimum atomic E-state index is -0.751. The Morgan fingerprint density at radius 1 is 0.882 bits per heavy atom. The van der Waals surface area contributed by atoms with Gasteiger partial charge in [-0.25, -0.2) is 9.68 Å². The van der Waals surface area contributed by atoms with Crippen LogP contribution in [0.25, 0.3) is 0 Å². The SMILES string of the molecule is CC(C)CCC[C@@H](ON(O)O)[C@@H](C)ON(O)O. The normalized spacial score (nSPS) is 15.9. The molecule has 0 aromatic carbocycles. The lowest BCUT2D eigenvalue weighted by Crippen LogP contribution is -2.37. The molecule has 0 saturated heterocycles. The standard InChI is InChI=1S/C9H22N2O6/c1-7(2)5-4-6-9(17-11(14)15)8(3)16-10(12)13/h7-9,12-15H,4-6H2,1-3H3/t8-,9-/m1/s1. The molecule has 0 radical (unpaired) electrons. The van der Waals surface area contributed by atoms with Crippen LogP contribution in [0.5, 0.6) is 0 Å². The summed E-state index contributed by atoms with van der Waals surface area (Å²) in [5.41, 5.74) is 0. The summed E-state index contributed by atoms with van der Waals surface area (Å²) in [6, 6.07) is 0. The third-order valence-electron chi connectivity index (χ3n) is 2.28. The van der Waals surface area contributed by atoms with Crippen LogP contribution >= 0.6 is 0 Å². The molecule has 0 aliphatic carbocycles. The fourth-order valence-corrected chi connectivity index (χ4v) is 1.44. The van der Waals surface area contributed by atoms with Gasteiger partial charge in [0.05, 0.1) is 10.8 Å². The Balaban J connectivity index is 4.12. The van der Waals surface area contributed by atoms with Crippen molar-refractivity contribution in [1.82, 2.24) is 10.8 Å². The van der Waals surface area contributed by atoms with Gasteiger partial charge in [-0.15, -0.1) is 0 Å². The Labute approximate surface area is 100 Å². The molecule has 0 aromatic rings. The topological polar surface area (TPSA) is 106 Å². The molecular weight excluding hydrogens is 232 g/mol. The van der Waals surface area contributed by atoms with E-state index in [0.717, 1.165) is 12.8 Å². The summed E-state index contributed by atoms with van der Waals surface area (Å²) in [5, 5.41) is 33.3. The fraction of sp³-hybridized carbons (Fsp3) is 1.00. The molecule has 0 spiro atoms. The third kappa shape index (κ3) is 9.39. The molecule has 2 atom stereocenters. The largest absolute Gasteiger partial charge is 0.266 e. The number of nitrogens with zero attached hydrogens (tertiary/aromatic N) is 2. The molecule has 0 saturated carbocycles. The highest BCUT2D eigenvalue weighted by Gasteiger charge is 2.23. The van der Waals surface area contributed by atoms with Crippen LogP contribution in [0.15, 0.2) is 0 Å². The Morgan fingerprint density at radius 2 is 1.41 bits per heavy atom. The smallest absolute Gasteiger partial charge is 0.112 e. The summed E-state index contributed by atoms with van der Waals surface area (Å²) in [5.74, 6) is 0.526. The molecule has 0 heterocycles. The maximum Gasteiger partial charge on any atom is 0.112 e. The van der Waals surface area contributed by atoms with Crippen molar-refractivity contribution in [3.8, 4) is 0 Å². The molecule has 17 heavy (non-hydrogen) atoms. The zero-order chi connectivity index (χ0) is 13.4. The number of rotatable bonds is 9. The van der Waals surface area contributed by atoms with E-state index in [-0.39, 0.29) is 0 Å². The Bertz CT molecular complexity index is 190. The van der Waals surface area contributed by atoms with Gasteiger partial charge in [-0.2, -0.15) is 0 Å². The molecule has 0 unspecified atom stereocenters. The second-order valence-electron chi connectivity index (χ2n) is 4.28. The average molecular weight is 254 g/mol. The predicted molar refractivity (Wildman–Crippen MR) is 54.9 cm³/mol. The summed E-state index contributed by atoms with van der Waals surface area (Å²) in [4.78, 5) is 9.21. The van der Waals surface area contributed by atoms with E-state index in [0.29, 0.717) is 12.3 Å². The van der Waals surface area contributed by atoms with E-state index < -0.39 is 23.0 Å². The summed E-state index contributed by atoms with van der Waals surface area (Å²) >= 11 is 0. The van der Waals surface area contributed by atoms with Gasteiger partial charge in [-0.1, -0.05) is 26.7 Å². The van der Waals surface area contributed by atoms with Crippen molar-refractivity contribution in [3.63, 3.8) is 0 Å². The molecule has 0 bridgehead atoms. The zero-order valence-electron chi connectivity index (χ0n) is 10.4. The van der Waals surface area contributed by atoms with Gasteiger partial charge in [0, 0.05) is 0 Å². The van der Waals surface area contributed by atoms with Crippen molar-refractivity contribution >= 4 is 0 Å². The highest BCUT2D eigenvalue weighted by atomic mass is 17.1. The molecule has 0 fully saturated rings. The first kappa shape index (κ1) is 16.7. The van der Waals surface area contributed by atoms with Gasteiger partial charge >= 0.3 is 0 Å². The van der Waals surface area contributed by atoms with Crippen LogP contribution in [-0.4, -0.2) is 43.8 Å². The number of hydrogen-bond acceptors (Lipinski definition) is 8. The van der Waals surface area contributed by atoms with E-state index in [1.165, 1.54) is 6.92 Å². The van der Waals surface area contributed by atoms with Gasteiger partial charge in [-0.05, 0) is 19.3 Å². The summed E-state index contributed by atoms with van der Waals surface area (Å²) in [6.45, 7) is 5.66. The zero-order valence-corrected chi connectivity index (χ0v) is 10.4. The first-order valence-corrected chi connectivity index (χ1v) is 5.52. The van der Waals surface area contributed by atoms with Crippen molar-refractivity contribution in [1.29, 1.82) is 0 Å². The lowest BCUT2D eigenvalue weighted by Gasteiger charge is -2.25. The quantitative estimate of drug-likeness (QED) is 0.460. The van der Waals surface area contributed by atoms with Crippen LogP contribution in [0.3, 0.4) is 0 Å². The predicted octanol–water partition coefficient (Wildman–Crippen LogP) is 1.59. The van der Waals surface area contributed by atoms with E-state index in [1.54, 1.807) is 0 Å². The summed E-state index contributed by atoms with van der Waals surface area (Å²) in [7, 11) is 0. The molecule has 0 aliphatic rings. The van der Waals surface area contributed by atoms with Crippen LogP contribution in [0.1, 0.15) is 40.0 Å². The molecule has 104 valence electrons. The molecular formula is C9H22N2O6. The minimum absolute atomic E-state index is 0.404. The highest BCUT2D eigenvalue weighted by Crippen LogP contribution is 2.15. The maximum absolute atomic E-state index is 8.59. The van der Waals surface area contributed by atoms with E-state index in [4.69, 9.17) is 20.8 Å². The van der Waals surface area contributed by atoms with Crippen LogP contribution in [0, 0.1) is 5.92 Å². The Hall–Kier alpha value is -0.320. The summed E-state index contributed by atoms with van der Waals surface area (Å²) in [6.07, 6.45) is 0.779. The van der Waals surface area contributed by atoms with Gasteiger partial charge in [0.15, 0.2) is 0 Å². The monoisotopic (exact) mass is 254 g/mol. The van der Waals surface area contributed by atoms with Crippen LogP contribution in [0.4, 0.5) is 0 Å². The van der Waals surface area contributed by atoms with Crippen LogP contribution in [0.2, 0.25) is 0 Å². The first-order valence-electron chi connectivity index (χ1n) is 5.52. The van der Waals surface area contributed by atoms with Crippen LogP contribution < -0.4 is 0 Å². The van der Waals surface area contributed by atoms with Crippen LogP contribution in [-0.2, 0) is 9.68 Å². The number of hydrogen-bond donors (Lipinski definition) is 4. The molecule has 8 heteroatoms. The van der Waals surface area contributed by atoms with Crippen molar-refractivity contribution in [3.05, 3.63) is 0 Å². The third-order valence-corrected chi connectivity index (χ3v) is 2.28. The second kappa shape index (κ2) is 8.72. The maximum atomic E-state index is 8.59. The van der Waals surface area contributed by atoms with Gasteiger partial charge < -0.3 is 0 Å². The van der Waals surface area contributed by atoms with Gasteiger partial charge in [0.1, 0.15) is 12.2 Å². The molecule has 8 nitrogen and oxygen atoms in total. The molecule has 4 N–H and O–H groups in total. The van der Waals surface area contributed by atoms with Crippen molar-refractivity contribution in [2.24, 2.45) is 5.92 Å². The van der Waals surface area contributed by atoms with Crippen molar-refractivity contribution < 1.29 is 30.5 Å². The fourth-order valence-electron chi connectivity index (χ4n) is 1.44. The lowest BCUT2D eigenvalue weighted by atomic mass is 10.0. The molecule has 0 rings (SSSR count). The molecule has 0 aromatic heterocycles. The van der Waals surface area contributed by atoms with Gasteiger partial charge in [0.2, 0.25) is 0 Å².